The van der Waals surface area contributed by atoms with Crippen molar-refractivity contribution in [2.75, 3.05) is 19.0 Å². The maximum absolute atomic E-state index is 11.3. The Morgan fingerprint density at radius 3 is 2.57 bits per heavy atom. The molecule has 1 aliphatic heterocycles. The summed E-state index contributed by atoms with van der Waals surface area (Å²) in [5.41, 5.74) is -0.360. The van der Waals surface area contributed by atoms with Crippen LogP contribution in [0, 0.1) is 0 Å². The first-order valence-electron chi connectivity index (χ1n) is 4.88. The lowest BCUT2D eigenvalue weighted by Gasteiger charge is -2.25. The van der Waals surface area contributed by atoms with Crippen LogP contribution in [0.1, 0.15) is 27.2 Å². The molecule has 1 saturated heterocycles. The average molecular weight is 218 g/mol. The van der Waals surface area contributed by atoms with Gasteiger partial charge in [0, 0.05) is 5.75 Å². The molecule has 0 spiro atoms. The van der Waals surface area contributed by atoms with E-state index in [4.69, 9.17) is 9.47 Å². The Balaban J connectivity index is 2.02. The molecular weight excluding hydrogens is 200 g/mol. The van der Waals surface area contributed by atoms with Gasteiger partial charge < -0.3 is 9.47 Å². The highest BCUT2D eigenvalue weighted by atomic mass is 32.2. The molecule has 3 nitrogen and oxygen atoms in total. The Morgan fingerprint density at radius 1 is 1.50 bits per heavy atom. The van der Waals surface area contributed by atoms with Crippen LogP contribution in [0.3, 0.4) is 0 Å². The van der Waals surface area contributed by atoms with E-state index in [-0.39, 0.29) is 11.6 Å². The van der Waals surface area contributed by atoms with Gasteiger partial charge in [-0.1, -0.05) is 0 Å². The van der Waals surface area contributed by atoms with Crippen LogP contribution in [-0.4, -0.2) is 35.8 Å². The van der Waals surface area contributed by atoms with Crippen LogP contribution in [0.2, 0.25) is 0 Å². The summed E-state index contributed by atoms with van der Waals surface area (Å²) in [7, 11) is 0. The lowest BCUT2D eigenvalue weighted by Crippen LogP contribution is -2.31. The normalized spacial score (nSPS) is 17.6. The van der Waals surface area contributed by atoms with Crippen LogP contribution >= 0.6 is 11.8 Å². The summed E-state index contributed by atoms with van der Waals surface area (Å²) in [5, 5.41) is 0.595. The number of hydrogen-bond acceptors (Lipinski definition) is 4. The molecule has 4 heteroatoms. The Bertz CT molecular complexity index is 194. The first-order valence-corrected chi connectivity index (χ1v) is 5.93. The molecule has 14 heavy (non-hydrogen) atoms. The highest BCUT2D eigenvalue weighted by molar-refractivity contribution is 8.00. The highest BCUT2D eigenvalue weighted by Crippen LogP contribution is 2.20. The van der Waals surface area contributed by atoms with E-state index in [0.717, 1.165) is 19.0 Å². The molecule has 0 amide bonds. The van der Waals surface area contributed by atoms with Gasteiger partial charge in [-0.15, -0.1) is 0 Å². The number of ether oxygens (including phenoxy) is 2. The first kappa shape index (κ1) is 11.9. The summed E-state index contributed by atoms with van der Waals surface area (Å²) in [6.45, 7) is 7.32. The van der Waals surface area contributed by atoms with Gasteiger partial charge in [-0.2, -0.15) is 11.8 Å². The summed E-state index contributed by atoms with van der Waals surface area (Å²) >= 11 is 1.79. The molecule has 82 valence electrons. The third-order valence-electron chi connectivity index (χ3n) is 1.69. The fraction of sp³-hybridized carbons (Fsp3) is 0.900. The van der Waals surface area contributed by atoms with Gasteiger partial charge in [-0.05, 0) is 20.8 Å². The van der Waals surface area contributed by atoms with Crippen molar-refractivity contribution in [2.45, 2.75) is 38.0 Å². The maximum atomic E-state index is 11.3. The number of carbonyl (C=O) groups excluding carboxylic acids is 1. The van der Waals surface area contributed by atoms with E-state index in [1.807, 2.05) is 20.8 Å². The molecule has 0 N–H and O–H groups in total. The summed E-state index contributed by atoms with van der Waals surface area (Å²) < 4.78 is 10.2. The number of esters is 1. The third kappa shape index (κ3) is 4.86. The molecule has 0 bridgehead atoms. The minimum atomic E-state index is -0.360. The summed E-state index contributed by atoms with van der Waals surface area (Å²) in [4.78, 5) is 11.3. The largest absolute Gasteiger partial charge is 0.460 e. The zero-order valence-corrected chi connectivity index (χ0v) is 9.86. The minimum absolute atomic E-state index is 0.106. The quantitative estimate of drug-likeness (QED) is 0.675. The highest BCUT2D eigenvalue weighted by Gasteiger charge is 2.20. The predicted molar refractivity (Wildman–Crippen MR) is 57.5 cm³/mol. The van der Waals surface area contributed by atoms with E-state index >= 15 is 0 Å². The van der Waals surface area contributed by atoms with Crippen LogP contribution in [0.5, 0.6) is 0 Å². The third-order valence-corrected chi connectivity index (χ3v) is 2.87. The Kier molecular flexibility index (Phi) is 4.26. The van der Waals surface area contributed by atoms with Crippen LogP contribution < -0.4 is 0 Å². The number of rotatable bonds is 4. The van der Waals surface area contributed by atoms with Crippen LogP contribution in [0.4, 0.5) is 0 Å². The van der Waals surface area contributed by atoms with Crippen molar-refractivity contribution in [2.24, 2.45) is 0 Å². The van der Waals surface area contributed by atoms with E-state index in [9.17, 15) is 4.79 Å². The topological polar surface area (TPSA) is 35.5 Å². The number of thioether (sulfide) groups is 1. The summed E-state index contributed by atoms with van der Waals surface area (Å²) in [5.74, 6) is 0.730. The van der Waals surface area contributed by atoms with E-state index in [1.165, 1.54) is 0 Å². The van der Waals surface area contributed by atoms with Crippen molar-refractivity contribution in [3.05, 3.63) is 0 Å². The van der Waals surface area contributed by atoms with Crippen LogP contribution in [0.25, 0.3) is 0 Å². The molecule has 0 atom stereocenters. The summed E-state index contributed by atoms with van der Waals surface area (Å²) in [6, 6.07) is 0. The van der Waals surface area contributed by atoms with Crippen LogP contribution in [0.15, 0.2) is 0 Å². The smallest absolute Gasteiger partial charge is 0.307 e. The molecule has 1 aliphatic rings. The fourth-order valence-corrected chi connectivity index (χ4v) is 2.01. The molecule has 0 aromatic carbocycles. The van der Waals surface area contributed by atoms with Gasteiger partial charge in [0.15, 0.2) is 0 Å². The van der Waals surface area contributed by atoms with Gasteiger partial charge in [0.1, 0.15) is 5.60 Å². The van der Waals surface area contributed by atoms with Crippen molar-refractivity contribution in [3.63, 3.8) is 0 Å². The lowest BCUT2D eigenvalue weighted by atomic mass is 10.2. The molecule has 0 saturated carbocycles. The number of carbonyl (C=O) groups is 1. The monoisotopic (exact) mass is 218 g/mol. The van der Waals surface area contributed by atoms with Gasteiger partial charge in [0.2, 0.25) is 0 Å². The Morgan fingerprint density at radius 2 is 2.14 bits per heavy atom. The van der Waals surface area contributed by atoms with Crippen LogP contribution in [-0.2, 0) is 14.3 Å². The van der Waals surface area contributed by atoms with Crippen molar-refractivity contribution in [1.29, 1.82) is 0 Å². The standard InChI is InChI=1S/C10H18O3S/c1-10(2,3)13-9(11)4-5-14-8-6-12-7-8/h8H,4-7H2,1-3H3. The second kappa shape index (κ2) is 5.03. The molecule has 0 aliphatic carbocycles. The predicted octanol–water partition coefficient (Wildman–Crippen LogP) is 1.85. The van der Waals surface area contributed by atoms with Gasteiger partial charge in [-0.25, -0.2) is 0 Å². The van der Waals surface area contributed by atoms with Crippen molar-refractivity contribution in [3.8, 4) is 0 Å². The lowest BCUT2D eigenvalue weighted by molar-refractivity contribution is -0.154. The minimum Gasteiger partial charge on any atom is -0.460 e. The fourth-order valence-electron chi connectivity index (χ4n) is 1.01. The SMILES string of the molecule is CC(C)(C)OC(=O)CCSC1COC1. The molecule has 0 unspecified atom stereocenters. The van der Waals surface area contributed by atoms with Gasteiger partial charge in [0.25, 0.3) is 0 Å². The van der Waals surface area contributed by atoms with Gasteiger partial charge >= 0.3 is 5.97 Å². The molecule has 1 rings (SSSR count). The summed E-state index contributed by atoms with van der Waals surface area (Å²) in [6.07, 6.45) is 0.498. The van der Waals surface area contributed by atoms with E-state index in [2.05, 4.69) is 0 Å². The zero-order chi connectivity index (χ0) is 10.6. The maximum Gasteiger partial charge on any atom is 0.307 e. The second-order valence-electron chi connectivity index (χ2n) is 4.37. The van der Waals surface area contributed by atoms with Gasteiger partial charge in [-0.3, -0.25) is 4.79 Å². The van der Waals surface area contributed by atoms with Crippen molar-refractivity contribution in [1.82, 2.24) is 0 Å². The molecule has 0 aromatic rings. The number of hydrogen-bond donors (Lipinski definition) is 0. The van der Waals surface area contributed by atoms with Crippen molar-refractivity contribution >= 4 is 17.7 Å². The van der Waals surface area contributed by atoms with Gasteiger partial charge in [0.05, 0.1) is 24.9 Å². The van der Waals surface area contributed by atoms with Crippen molar-refractivity contribution < 1.29 is 14.3 Å². The Labute approximate surface area is 89.5 Å². The second-order valence-corrected chi connectivity index (χ2v) is 5.77. The first-order chi connectivity index (χ1) is 6.47. The molecule has 0 aromatic heterocycles. The van der Waals surface area contributed by atoms with E-state index in [1.54, 1.807) is 11.8 Å². The zero-order valence-electron chi connectivity index (χ0n) is 9.04. The van der Waals surface area contributed by atoms with E-state index in [0.29, 0.717) is 11.7 Å². The molecule has 1 heterocycles. The molecular formula is C10H18O3S. The molecule has 0 radical (unpaired) electrons. The molecule has 1 fully saturated rings. The average Bonchev–Trinajstić information content (AvgIpc) is 1.90. The Hall–Kier alpha value is -0.220. The van der Waals surface area contributed by atoms with E-state index < -0.39 is 0 Å².